The first kappa shape index (κ1) is 16.9. The van der Waals surface area contributed by atoms with Gasteiger partial charge in [0.25, 0.3) is 0 Å². The summed E-state index contributed by atoms with van der Waals surface area (Å²) in [6, 6.07) is 6.04. The van der Waals surface area contributed by atoms with Crippen LogP contribution in [0.4, 0.5) is 0 Å². The minimum Gasteiger partial charge on any atom is -0.477 e. The number of carbonyl (C=O) groups excluding carboxylic acids is 1. The Morgan fingerprint density at radius 1 is 1.27 bits per heavy atom. The smallest absolute Gasteiger partial charge is 0.220 e. The van der Waals surface area contributed by atoms with Crippen molar-refractivity contribution in [1.82, 2.24) is 20.3 Å². The SMILES string of the molecule is Cc1ncc(C2CC(=O)NCC2C)c(OC[C@H]2C[C@@H]2c2ccccn2)n1. The van der Waals surface area contributed by atoms with Crippen LogP contribution in [0, 0.1) is 18.8 Å². The summed E-state index contributed by atoms with van der Waals surface area (Å²) in [4.78, 5) is 25.2. The van der Waals surface area contributed by atoms with Gasteiger partial charge < -0.3 is 10.1 Å². The number of amides is 1. The van der Waals surface area contributed by atoms with Crippen LogP contribution in [0.25, 0.3) is 0 Å². The van der Waals surface area contributed by atoms with Gasteiger partial charge in [-0.1, -0.05) is 13.0 Å². The molecule has 136 valence electrons. The van der Waals surface area contributed by atoms with Crippen molar-refractivity contribution in [1.29, 1.82) is 0 Å². The number of carbonyl (C=O) groups is 1. The first-order chi connectivity index (χ1) is 12.6. The van der Waals surface area contributed by atoms with Gasteiger partial charge in [0.15, 0.2) is 0 Å². The molecule has 0 spiro atoms. The summed E-state index contributed by atoms with van der Waals surface area (Å²) in [5.41, 5.74) is 2.09. The Morgan fingerprint density at radius 3 is 2.96 bits per heavy atom. The number of piperidine rings is 1. The van der Waals surface area contributed by atoms with Crippen LogP contribution in [-0.2, 0) is 4.79 Å². The van der Waals surface area contributed by atoms with Gasteiger partial charge in [0.05, 0.1) is 6.61 Å². The zero-order chi connectivity index (χ0) is 18.1. The molecular weight excluding hydrogens is 328 g/mol. The van der Waals surface area contributed by atoms with Crippen molar-refractivity contribution in [2.75, 3.05) is 13.2 Å². The van der Waals surface area contributed by atoms with Crippen molar-refractivity contribution in [2.24, 2.45) is 11.8 Å². The van der Waals surface area contributed by atoms with Gasteiger partial charge in [-0.15, -0.1) is 0 Å². The molecule has 4 rings (SSSR count). The van der Waals surface area contributed by atoms with Gasteiger partial charge in [0, 0.05) is 54.4 Å². The molecule has 0 radical (unpaired) electrons. The molecular formula is C20H24N4O2. The molecule has 4 atom stereocenters. The fourth-order valence-electron chi connectivity index (χ4n) is 3.71. The molecule has 26 heavy (non-hydrogen) atoms. The molecule has 1 saturated heterocycles. The lowest BCUT2D eigenvalue weighted by Crippen LogP contribution is -2.38. The van der Waals surface area contributed by atoms with Crippen molar-refractivity contribution in [3.05, 3.63) is 47.7 Å². The quantitative estimate of drug-likeness (QED) is 0.895. The molecule has 0 bridgehead atoms. The van der Waals surface area contributed by atoms with Crippen molar-refractivity contribution < 1.29 is 9.53 Å². The molecule has 1 aliphatic carbocycles. The normalized spacial score (nSPS) is 27.7. The second-order valence-corrected chi connectivity index (χ2v) is 7.44. The molecule has 2 unspecified atom stereocenters. The van der Waals surface area contributed by atoms with E-state index in [1.807, 2.05) is 31.5 Å². The highest BCUT2D eigenvalue weighted by atomic mass is 16.5. The molecule has 2 aromatic heterocycles. The van der Waals surface area contributed by atoms with E-state index in [0.29, 0.717) is 49.0 Å². The fraction of sp³-hybridized carbons (Fsp3) is 0.500. The second kappa shape index (κ2) is 7.02. The summed E-state index contributed by atoms with van der Waals surface area (Å²) in [6.07, 6.45) is 5.23. The van der Waals surface area contributed by atoms with E-state index in [1.165, 1.54) is 0 Å². The number of aryl methyl sites for hydroxylation is 1. The number of aromatic nitrogens is 3. The van der Waals surface area contributed by atoms with E-state index in [1.54, 1.807) is 0 Å². The largest absolute Gasteiger partial charge is 0.477 e. The van der Waals surface area contributed by atoms with Crippen LogP contribution in [-0.4, -0.2) is 34.0 Å². The average Bonchev–Trinajstić information content (AvgIpc) is 3.43. The van der Waals surface area contributed by atoms with E-state index in [9.17, 15) is 4.79 Å². The molecule has 1 saturated carbocycles. The molecule has 1 amide bonds. The Hall–Kier alpha value is -2.50. The molecule has 6 nitrogen and oxygen atoms in total. The molecule has 2 aliphatic rings. The van der Waals surface area contributed by atoms with Crippen LogP contribution >= 0.6 is 0 Å². The Balaban J connectivity index is 1.47. The molecule has 1 N–H and O–H groups in total. The van der Waals surface area contributed by atoms with Gasteiger partial charge >= 0.3 is 0 Å². The molecule has 3 heterocycles. The van der Waals surface area contributed by atoms with E-state index < -0.39 is 0 Å². The molecule has 0 aromatic carbocycles. The van der Waals surface area contributed by atoms with Gasteiger partial charge in [-0.25, -0.2) is 4.98 Å². The predicted octanol–water partition coefficient (Wildman–Crippen LogP) is 2.60. The van der Waals surface area contributed by atoms with E-state index in [-0.39, 0.29) is 11.8 Å². The third-order valence-corrected chi connectivity index (χ3v) is 5.44. The number of hydrogen-bond acceptors (Lipinski definition) is 5. The van der Waals surface area contributed by atoms with Gasteiger partial charge in [-0.05, 0) is 31.4 Å². The topological polar surface area (TPSA) is 77.0 Å². The zero-order valence-electron chi connectivity index (χ0n) is 15.2. The highest BCUT2D eigenvalue weighted by Gasteiger charge is 2.40. The summed E-state index contributed by atoms with van der Waals surface area (Å²) in [6.45, 7) is 5.31. The molecule has 1 aliphatic heterocycles. The number of nitrogens with zero attached hydrogens (tertiary/aromatic N) is 3. The van der Waals surface area contributed by atoms with Crippen LogP contribution in [0.15, 0.2) is 30.6 Å². The maximum absolute atomic E-state index is 11.8. The molecule has 2 aromatic rings. The van der Waals surface area contributed by atoms with E-state index in [2.05, 4.69) is 33.3 Å². The van der Waals surface area contributed by atoms with Crippen LogP contribution < -0.4 is 10.1 Å². The van der Waals surface area contributed by atoms with Gasteiger partial charge in [0.1, 0.15) is 5.82 Å². The van der Waals surface area contributed by atoms with Crippen LogP contribution in [0.1, 0.15) is 48.7 Å². The first-order valence-corrected chi connectivity index (χ1v) is 9.25. The fourth-order valence-corrected chi connectivity index (χ4v) is 3.71. The first-order valence-electron chi connectivity index (χ1n) is 9.25. The monoisotopic (exact) mass is 352 g/mol. The number of nitrogens with one attached hydrogen (secondary N) is 1. The van der Waals surface area contributed by atoms with E-state index in [4.69, 9.17) is 4.74 Å². The third kappa shape index (κ3) is 3.54. The summed E-state index contributed by atoms with van der Waals surface area (Å²) in [7, 11) is 0. The summed E-state index contributed by atoms with van der Waals surface area (Å²) in [5, 5.41) is 2.92. The van der Waals surface area contributed by atoms with E-state index >= 15 is 0 Å². The maximum Gasteiger partial charge on any atom is 0.220 e. The highest BCUT2D eigenvalue weighted by molar-refractivity contribution is 5.78. The summed E-state index contributed by atoms with van der Waals surface area (Å²) in [5.74, 6) is 2.79. The number of pyridine rings is 1. The van der Waals surface area contributed by atoms with Crippen molar-refractivity contribution in [3.8, 4) is 5.88 Å². The summed E-state index contributed by atoms with van der Waals surface area (Å²) >= 11 is 0. The number of ether oxygens (including phenoxy) is 1. The second-order valence-electron chi connectivity index (χ2n) is 7.44. The Morgan fingerprint density at radius 2 is 2.15 bits per heavy atom. The lowest BCUT2D eigenvalue weighted by Gasteiger charge is -2.29. The maximum atomic E-state index is 11.8. The minimum absolute atomic E-state index is 0.0806. The van der Waals surface area contributed by atoms with Crippen molar-refractivity contribution >= 4 is 5.91 Å². The van der Waals surface area contributed by atoms with E-state index in [0.717, 1.165) is 17.7 Å². The van der Waals surface area contributed by atoms with Gasteiger partial charge in [-0.2, -0.15) is 4.98 Å². The number of rotatable bonds is 5. The third-order valence-electron chi connectivity index (χ3n) is 5.44. The number of hydrogen-bond donors (Lipinski definition) is 1. The Labute approximate surface area is 153 Å². The molecule has 6 heteroatoms. The summed E-state index contributed by atoms with van der Waals surface area (Å²) < 4.78 is 6.12. The highest BCUT2D eigenvalue weighted by Crippen LogP contribution is 2.47. The van der Waals surface area contributed by atoms with Crippen molar-refractivity contribution in [3.63, 3.8) is 0 Å². The predicted molar refractivity (Wildman–Crippen MR) is 96.9 cm³/mol. The van der Waals surface area contributed by atoms with Gasteiger partial charge in [0.2, 0.25) is 11.8 Å². The lowest BCUT2D eigenvalue weighted by molar-refractivity contribution is -0.123. The van der Waals surface area contributed by atoms with Crippen LogP contribution in [0.2, 0.25) is 0 Å². The standard InChI is InChI=1S/C20H24N4O2/c1-12-9-23-19(25)8-15(12)17-10-22-13(2)24-20(17)26-11-14-7-16(14)18-5-3-4-6-21-18/h3-6,10,12,14-16H,7-9,11H2,1-2H3,(H,23,25)/t12?,14-,15?,16+/m1/s1. The van der Waals surface area contributed by atoms with Crippen molar-refractivity contribution in [2.45, 2.75) is 38.5 Å². The van der Waals surface area contributed by atoms with Crippen LogP contribution in [0.3, 0.4) is 0 Å². The zero-order valence-corrected chi connectivity index (χ0v) is 15.2. The minimum atomic E-state index is 0.0806. The Bertz CT molecular complexity index is 796. The average molecular weight is 352 g/mol. The van der Waals surface area contributed by atoms with Crippen LogP contribution in [0.5, 0.6) is 5.88 Å². The van der Waals surface area contributed by atoms with Gasteiger partial charge in [-0.3, -0.25) is 9.78 Å². The lowest BCUT2D eigenvalue weighted by atomic mass is 9.83. The molecule has 2 fully saturated rings. The Kier molecular flexibility index (Phi) is 4.57.